The number of fused-ring (bicyclic) bond motifs is 1. The molecule has 0 aliphatic carbocycles. The van der Waals surface area contributed by atoms with Crippen LogP contribution >= 0.6 is 11.3 Å². The maximum atomic E-state index is 5.46. The highest BCUT2D eigenvalue weighted by Gasteiger charge is 2.27. The molecule has 1 N–H and O–H groups in total. The van der Waals surface area contributed by atoms with Crippen molar-refractivity contribution in [2.75, 3.05) is 19.8 Å². The average molecular weight is 293 g/mol. The average Bonchev–Trinajstić information content (AvgIpc) is 2.91. The van der Waals surface area contributed by atoms with E-state index in [0.29, 0.717) is 5.41 Å². The number of imidazole rings is 1. The van der Waals surface area contributed by atoms with Gasteiger partial charge in [0.1, 0.15) is 0 Å². The van der Waals surface area contributed by atoms with Gasteiger partial charge in [0.15, 0.2) is 4.96 Å². The van der Waals surface area contributed by atoms with Crippen LogP contribution in [0.1, 0.15) is 36.8 Å². The molecule has 0 saturated carbocycles. The molecule has 0 unspecified atom stereocenters. The van der Waals surface area contributed by atoms with Crippen molar-refractivity contribution >= 4 is 16.3 Å². The summed E-state index contributed by atoms with van der Waals surface area (Å²) in [6.07, 6.45) is 2.30. The summed E-state index contributed by atoms with van der Waals surface area (Å²) in [7, 11) is 0. The molecule has 3 heterocycles. The molecule has 0 bridgehead atoms. The molecule has 4 nitrogen and oxygen atoms in total. The number of hydrogen-bond donors (Lipinski definition) is 1. The van der Waals surface area contributed by atoms with E-state index >= 15 is 0 Å². The smallest absolute Gasteiger partial charge is 0.194 e. The molecule has 1 aliphatic heterocycles. The summed E-state index contributed by atoms with van der Waals surface area (Å²) in [4.78, 5) is 5.74. The number of ether oxygens (including phenoxy) is 1. The van der Waals surface area contributed by atoms with Gasteiger partial charge in [-0.15, -0.1) is 11.3 Å². The molecular formula is C15H23N3OS. The monoisotopic (exact) mass is 293 g/mol. The molecule has 0 aromatic carbocycles. The summed E-state index contributed by atoms with van der Waals surface area (Å²) >= 11 is 1.72. The van der Waals surface area contributed by atoms with Gasteiger partial charge in [0.2, 0.25) is 0 Å². The van der Waals surface area contributed by atoms with Gasteiger partial charge in [0, 0.05) is 37.4 Å². The number of nitrogens with zero attached hydrogens (tertiary/aromatic N) is 2. The fourth-order valence-corrected chi connectivity index (χ4v) is 3.83. The van der Waals surface area contributed by atoms with E-state index in [1.165, 1.54) is 11.4 Å². The van der Waals surface area contributed by atoms with Crippen molar-refractivity contribution in [1.29, 1.82) is 0 Å². The summed E-state index contributed by atoms with van der Waals surface area (Å²) < 4.78 is 7.74. The zero-order valence-electron chi connectivity index (χ0n) is 12.5. The molecule has 0 amide bonds. The van der Waals surface area contributed by atoms with Gasteiger partial charge in [0.05, 0.1) is 11.4 Å². The lowest BCUT2D eigenvalue weighted by molar-refractivity contribution is 0.0239. The lowest BCUT2D eigenvalue weighted by atomic mass is 9.82. The summed E-state index contributed by atoms with van der Waals surface area (Å²) in [6.45, 7) is 10.3. The van der Waals surface area contributed by atoms with E-state index in [2.05, 4.69) is 40.9 Å². The van der Waals surface area contributed by atoms with Gasteiger partial charge in [-0.1, -0.05) is 6.92 Å². The standard InChI is InChI=1S/C15H23N3OS/c1-11-9-20-14-17-12(2)13(18(11)14)8-16-10-15(3)4-6-19-7-5-15/h9,16H,4-8,10H2,1-3H3. The molecule has 1 saturated heterocycles. The fourth-order valence-electron chi connectivity index (χ4n) is 2.90. The van der Waals surface area contributed by atoms with Crippen molar-refractivity contribution in [1.82, 2.24) is 14.7 Å². The number of aromatic nitrogens is 2. The Morgan fingerprint density at radius 1 is 1.40 bits per heavy atom. The third-order valence-corrected chi connectivity index (χ3v) is 5.32. The Labute approximate surface area is 124 Å². The van der Waals surface area contributed by atoms with Crippen LogP contribution in [0.5, 0.6) is 0 Å². The zero-order chi connectivity index (χ0) is 14.2. The summed E-state index contributed by atoms with van der Waals surface area (Å²) in [5, 5.41) is 5.81. The van der Waals surface area contributed by atoms with Crippen molar-refractivity contribution in [3.8, 4) is 0 Å². The Kier molecular flexibility index (Phi) is 3.84. The van der Waals surface area contributed by atoms with Gasteiger partial charge < -0.3 is 10.1 Å². The third kappa shape index (κ3) is 2.62. The van der Waals surface area contributed by atoms with Crippen molar-refractivity contribution < 1.29 is 4.74 Å². The van der Waals surface area contributed by atoms with Crippen LogP contribution in [0.2, 0.25) is 0 Å². The first-order valence-corrected chi connectivity index (χ1v) is 8.17. The lowest BCUT2D eigenvalue weighted by Gasteiger charge is -2.33. The molecule has 5 heteroatoms. The molecule has 2 aromatic heterocycles. The fraction of sp³-hybridized carbons (Fsp3) is 0.667. The van der Waals surface area contributed by atoms with E-state index in [4.69, 9.17) is 4.74 Å². The molecule has 1 fully saturated rings. The molecule has 0 radical (unpaired) electrons. The van der Waals surface area contributed by atoms with E-state index < -0.39 is 0 Å². The van der Waals surface area contributed by atoms with E-state index in [-0.39, 0.29) is 0 Å². The molecule has 0 spiro atoms. The van der Waals surface area contributed by atoms with E-state index in [9.17, 15) is 0 Å². The SMILES string of the molecule is Cc1nc2scc(C)n2c1CNCC1(C)CCOCC1. The normalized spacial score (nSPS) is 18.8. The van der Waals surface area contributed by atoms with Crippen LogP contribution in [0.4, 0.5) is 0 Å². The second kappa shape index (κ2) is 5.47. The van der Waals surface area contributed by atoms with Crippen LogP contribution in [0.15, 0.2) is 5.38 Å². The Hall–Kier alpha value is -0.910. The number of aryl methyl sites for hydroxylation is 2. The second-order valence-corrected chi connectivity index (χ2v) is 7.00. The maximum absolute atomic E-state index is 5.46. The molecule has 3 rings (SSSR count). The number of nitrogens with one attached hydrogen (secondary N) is 1. The summed E-state index contributed by atoms with van der Waals surface area (Å²) in [5.74, 6) is 0. The molecule has 110 valence electrons. The molecule has 2 aromatic rings. The first-order chi connectivity index (χ1) is 9.59. The Morgan fingerprint density at radius 2 is 2.15 bits per heavy atom. The Balaban J connectivity index is 1.67. The predicted octanol–water partition coefficient (Wildman–Crippen LogP) is 2.92. The predicted molar refractivity (Wildman–Crippen MR) is 82.4 cm³/mol. The van der Waals surface area contributed by atoms with Gasteiger partial charge in [0.25, 0.3) is 0 Å². The van der Waals surface area contributed by atoms with Gasteiger partial charge >= 0.3 is 0 Å². The van der Waals surface area contributed by atoms with Crippen molar-refractivity contribution in [2.24, 2.45) is 5.41 Å². The number of rotatable bonds is 4. The summed E-state index contributed by atoms with van der Waals surface area (Å²) in [5.41, 5.74) is 4.10. The Bertz CT molecular complexity index is 596. The largest absolute Gasteiger partial charge is 0.381 e. The first kappa shape index (κ1) is 14.0. The van der Waals surface area contributed by atoms with Crippen LogP contribution in [0.3, 0.4) is 0 Å². The third-order valence-electron chi connectivity index (χ3n) is 4.37. The minimum atomic E-state index is 0.375. The van der Waals surface area contributed by atoms with Crippen LogP contribution in [-0.2, 0) is 11.3 Å². The van der Waals surface area contributed by atoms with E-state index in [1.54, 1.807) is 11.3 Å². The van der Waals surface area contributed by atoms with E-state index in [1.807, 2.05) is 0 Å². The molecule has 20 heavy (non-hydrogen) atoms. The topological polar surface area (TPSA) is 38.6 Å². The van der Waals surface area contributed by atoms with Gasteiger partial charge in [-0.2, -0.15) is 0 Å². The van der Waals surface area contributed by atoms with Crippen molar-refractivity contribution in [3.05, 3.63) is 22.5 Å². The van der Waals surface area contributed by atoms with Gasteiger partial charge in [-0.25, -0.2) is 4.98 Å². The van der Waals surface area contributed by atoms with Crippen molar-refractivity contribution in [3.63, 3.8) is 0 Å². The minimum absolute atomic E-state index is 0.375. The number of hydrogen-bond acceptors (Lipinski definition) is 4. The van der Waals surface area contributed by atoms with Gasteiger partial charge in [-0.05, 0) is 32.1 Å². The maximum Gasteiger partial charge on any atom is 0.194 e. The quantitative estimate of drug-likeness (QED) is 0.942. The second-order valence-electron chi connectivity index (χ2n) is 6.17. The highest BCUT2D eigenvalue weighted by atomic mass is 32.1. The Morgan fingerprint density at radius 3 is 2.90 bits per heavy atom. The molecular weight excluding hydrogens is 270 g/mol. The highest BCUT2D eigenvalue weighted by Crippen LogP contribution is 2.29. The van der Waals surface area contributed by atoms with E-state index in [0.717, 1.165) is 49.8 Å². The highest BCUT2D eigenvalue weighted by molar-refractivity contribution is 7.15. The first-order valence-electron chi connectivity index (χ1n) is 7.30. The van der Waals surface area contributed by atoms with Gasteiger partial charge in [-0.3, -0.25) is 4.40 Å². The van der Waals surface area contributed by atoms with Crippen LogP contribution in [0, 0.1) is 19.3 Å². The number of thiazole rings is 1. The molecule has 0 atom stereocenters. The van der Waals surface area contributed by atoms with Crippen molar-refractivity contribution in [2.45, 2.75) is 40.2 Å². The van der Waals surface area contributed by atoms with Crippen LogP contribution in [-0.4, -0.2) is 29.1 Å². The lowest BCUT2D eigenvalue weighted by Crippen LogP contribution is -2.36. The summed E-state index contributed by atoms with van der Waals surface area (Å²) in [6, 6.07) is 0. The van der Waals surface area contributed by atoms with Crippen LogP contribution in [0.25, 0.3) is 4.96 Å². The zero-order valence-corrected chi connectivity index (χ0v) is 13.3. The van der Waals surface area contributed by atoms with Crippen LogP contribution < -0.4 is 5.32 Å². The molecule has 1 aliphatic rings. The minimum Gasteiger partial charge on any atom is -0.381 e.